The lowest BCUT2D eigenvalue weighted by Crippen LogP contribution is -2.22. The van der Waals surface area contributed by atoms with Crippen LogP contribution in [0.15, 0.2) is 18.2 Å². The van der Waals surface area contributed by atoms with E-state index in [-0.39, 0.29) is 6.04 Å². The Balaban J connectivity index is 2.63. The molecule has 0 spiro atoms. The van der Waals surface area contributed by atoms with E-state index in [4.69, 9.17) is 10.5 Å². The summed E-state index contributed by atoms with van der Waals surface area (Å²) in [6.07, 6.45) is 0. The molecule has 15 heavy (non-hydrogen) atoms. The Morgan fingerprint density at radius 3 is 2.80 bits per heavy atom. The molecule has 0 aliphatic carbocycles. The Hall–Kier alpha value is -1.22. The first-order chi connectivity index (χ1) is 7.15. The van der Waals surface area contributed by atoms with Crippen LogP contribution < -0.4 is 11.1 Å². The summed E-state index contributed by atoms with van der Waals surface area (Å²) in [5.74, 6) is 0. The first-order valence-corrected chi connectivity index (χ1v) is 5.34. The van der Waals surface area contributed by atoms with Gasteiger partial charge in [-0.2, -0.15) is 0 Å². The van der Waals surface area contributed by atoms with Gasteiger partial charge in [-0.1, -0.05) is 12.1 Å². The molecular weight excluding hydrogens is 188 g/mol. The van der Waals surface area contributed by atoms with Crippen LogP contribution in [0.3, 0.4) is 0 Å². The molecule has 0 saturated carbocycles. The van der Waals surface area contributed by atoms with Crippen LogP contribution >= 0.6 is 0 Å². The van der Waals surface area contributed by atoms with Crippen LogP contribution in [-0.4, -0.2) is 19.3 Å². The van der Waals surface area contributed by atoms with Crippen molar-refractivity contribution in [3.8, 4) is 0 Å². The molecule has 0 amide bonds. The molecule has 3 heteroatoms. The van der Waals surface area contributed by atoms with Crippen molar-refractivity contribution in [1.82, 2.24) is 0 Å². The van der Waals surface area contributed by atoms with E-state index in [1.807, 2.05) is 32.0 Å². The highest BCUT2D eigenvalue weighted by Crippen LogP contribution is 2.23. The van der Waals surface area contributed by atoms with Crippen LogP contribution in [0.5, 0.6) is 0 Å². The number of hydrogen-bond acceptors (Lipinski definition) is 3. The highest BCUT2D eigenvalue weighted by atomic mass is 16.5. The van der Waals surface area contributed by atoms with E-state index in [0.717, 1.165) is 18.0 Å². The maximum absolute atomic E-state index is 5.90. The Bertz CT molecular complexity index is 292. The van der Waals surface area contributed by atoms with Crippen LogP contribution in [0.2, 0.25) is 0 Å². The smallest absolute Gasteiger partial charge is 0.0664 e. The van der Waals surface area contributed by atoms with Gasteiger partial charge in [-0.25, -0.2) is 0 Å². The van der Waals surface area contributed by atoms with Gasteiger partial charge in [-0.3, -0.25) is 0 Å². The Kier molecular flexibility index (Phi) is 4.43. The third kappa shape index (κ3) is 3.44. The Labute approximate surface area is 91.6 Å². The van der Waals surface area contributed by atoms with Crippen molar-refractivity contribution in [1.29, 1.82) is 0 Å². The molecule has 0 heterocycles. The molecule has 0 bridgehead atoms. The van der Waals surface area contributed by atoms with Crippen molar-refractivity contribution in [3.05, 3.63) is 23.8 Å². The molecule has 1 atom stereocenters. The van der Waals surface area contributed by atoms with Crippen LogP contribution in [0.1, 0.15) is 19.4 Å². The summed E-state index contributed by atoms with van der Waals surface area (Å²) in [5, 5.41) is 3.36. The first-order valence-electron chi connectivity index (χ1n) is 5.34. The van der Waals surface area contributed by atoms with Crippen molar-refractivity contribution in [2.75, 3.05) is 24.3 Å². The highest BCUT2D eigenvalue weighted by Gasteiger charge is 2.06. The zero-order valence-electron chi connectivity index (χ0n) is 9.71. The molecule has 1 aromatic carbocycles. The molecule has 0 aliphatic heterocycles. The highest BCUT2D eigenvalue weighted by molar-refractivity contribution is 5.70. The number of benzene rings is 1. The molecule has 3 nitrogen and oxygen atoms in total. The largest absolute Gasteiger partial charge is 0.397 e. The second kappa shape index (κ2) is 5.61. The normalized spacial score (nSPS) is 12.5. The van der Waals surface area contributed by atoms with Gasteiger partial charge in [0.25, 0.3) is 0 Å². The van der Waals surface area contributed by atoms with Crippen molar-refractivity contribution in [3.63, 3.8) is 0 Å². The molecule has 0 fully saturated rings. The summed E-state index contributed by atoms with van der Waals surface area (Å²) >= 11 is 0. The van der Waals surface area contributed by atoms with Crippen molar-refractivity contribution in [2.24, 2.45) is 0 Å². The van der Waals surface area contributed by atoms with Gasteiger partial charge in [-0.15, -0.1) is 0 Å². The molecule has 1 aromatic rings. The van der Waals surface area contributed by atoms with E-state index < -0.39 is 0 Å². The number of ether oxygens (including phenoxy) is 1. The van der Waals surface area contributed by atoms with Crippen LogP contribution in [0, 0.1) is 6.92 Å². The molecule has 0 aromatic heterocycles. The second-order valence-electron chi connectivity index (χ2n) is 3.74. The second-order valence-corrected chi connectivity index (χ2v) is 3.74. The summed E-state index contributed by atoms with van der Waals surface area (Å²) in [4.78, 5) is 0. The van der Waals surface area contributed by atoms with Crippen molar-refractivity contribution < 1.29 is 4.74 Å². The fraction of sp³-hybridized carbons (Fsp3) is 0.500. The fourth-order valence-electron chi connectivity index (χ4n) is 1.47. The van der Waals surface area contributed by atoms with E-state index in [2.05, 4.69) is 12.2 Å². The van der Waals surface area contributed by atoms with Gasteiger partial charge in [0.05, 0.1) is 18.0 Å². The topological polar surface area (TPSA) is 47.3 Å². The molecule has 0 saturated heterocycles. The monoisotopic (exact) mass is 208 g/mol. The minimum atomic E-state index is 0.272. The van der Waals surface area contributed by atoms with E-state index in [0.29, 0.717) is 6.61 Å². The average Bonchev–Trinajstić information content (AvgIpc) is 2.21. The summed E-state index contributed by atoms with van der Waals surface area (Å²) in [6.45, 7) is 7.57. The van der Waals surface area contributed by atoms with Crippen molar-refractivity contribution >= 4 is 11.4 Å². The number of aryl methyl sites for hydroxylation is 1. The molecule has 0 radical (unpaired) electrons. The van der Waals surface area contributed by atoms with E-state index >= 15 is 0 Å². The summed E-state index contributed by atoms with van der Waals surface area (Å²) < 4.78 is 5.34. The third-order valence-corrected chi connectivity index (χ3v) is 2.27. The van der Waals surface area contributed by atoms with Gasteiger partial charge in [0.2, 0.25) is 0 Å². The lowest BCUT2D eigenvalue weighted by molar-refractivity contribution is 0.141. The maximum atomic E-state index is 5.90. The predicted molar refractivity (Wildman–Crippen MR) is 65.2 cm³/mol. The molecule has 1 unspecified atom stereocenters. The Morgan fingerprint density at radius 1 is 1.47 bits per heavy atom. The number of nitrogens with two attached hydrogens (primary N) is 1. The van der Waals surface area contributed by atoms with Gasteiger partial charge in [0.15, 0.2) is 0 Å². The predicted octanol–water partition coefficient (Wildman–Crippen LogP) is 2.41. The molecule has 1 rings (SSSR count). The third-order valence-electron chi connectivity index (χ3n) is 2.27. The fourth-order valence-corrected chi connectivity index (χ4v) is 1.47. The summed E-state index contributed by atoms with van der Waals surface area (Å²) in [6, 6.07) is 6.19. The molecule has 0 aliphatic rings. The number of para-hydroxylation sites is 1. The minimum absolute atomic E-state index is 0.272. The summed E-state index contributed by atoms with van der Waals surface area (Å²) in [5.41, 5.74) is 8.87. The number of nitrogen functional groups attached to an aromatic ring is 1. The molecule has 3 N–H and O–H groups in total. The van der Waals surface area contributed by atoms with Crippen molar-refractivity contribution in [2.45, 2.75) is 26.8 Å². The van der Waals surface area contributed by atoms with Gasteiger partial charge in [-0.05, 0) is 32.4 Å². The SMILES string of the molecule is CCOCC(C)Nc1c(C)cccc1N. The average molecular weight is 208 g/mol. The Morgan fingerprint density at radius 2 is 2.20 bits per heavy atom. The van der Waals surface area contributed by atoms with Gasteiger partial charge in [0, 0.05) is 12.6 Å². The first kappa shape index (κ1) is 11.9. The zero-order valence-corrected chi connectivity index (χ0v) is 9.71. The number of anilines is 2. The van der Waals surface area contributed by atoms with Crippen LogP contribution in [-0.2, 0) is 4.74 Å². The van der Waals surface area contributed by atoms with Gasteiger partial charge < -0.3 is 15.8 Å². The zero-order chi connectivity index (χ0) is 11.3. The van der Waals surface area contributed by atoms with Gasteiger partial charge >= 0.3 is 0 Å². The van der Waals surface area contributed by atoms with E-state index in [1.54, 1.807) is 0 Å². The number of nitrogens with one attached hydrogen (secondary N) is 1. The number of hydrogen-bond donors (Lipinski definition) is 2. The minimum Gasteiger partial charge on any atom is -0.397 e. The van der Waals surface area contributed by atoms with E-state index in [9.17, 15) is 0 Å². The standard InChI is InChI=1S/C12H20N2O/c1-4-15-8-10(3)14-12-9(2)6-5-7-11(12)13/h5-7,10,14H,4,8,13H2,1-3H3. The summed E-state index contributed by atoms with van der Waals surface area (Å²) in [7, 11) is 0. The number of rotatable bonds is 5. The van der Waals surface area contributed by atoms with Gasteiger partial charge in [0.1, 0.15) is 0 Å². The van der Waals surface area contributed by atoms with E-state index in [1.165, 1.54) is 5.56 Å². The lowest BCUT2D eigenvalue weighted by Gasteiger charge is -2.18. The maximum Gasteiger partial charge on any atom is 0.0664 e. The van der Waals surface area contributed by atoms with Crippen LogP contribution in [0.25, 0.3) is 0 Å². The quantitative estimate of drug-likeness (QED) is 0.730. The lowest BCUT2D eigenvalue weighted by atomic mass is 10.1. The molecular formula is C12H20N2O. The van der Waals surface area contributed by atoms with Crippen LogP contribution in [0.4, 0.5) is 11.4 Å². The molecule has 84 valence electrons.